The van der Waals surface area contributed by atoms with E-state index in [0.29, 0.717) is 12.5 Å². The second kappa shape index (κ2) is 6.34. The van der Waals surface area contributed by atoms with Crippen molar-refractivity contribution in [2.75, 3.05) is 6.61 Å². The molecule has 1 unspecified atom stereocenters. The van der Waals surface area contributed by atoms with Gasteiger partial charge in [-0.05, 0) is 17.8 Å². The van der Waals surface area contributed by atoms with Gasteiger partial charge in [-0.1, -0.05) is 27.7 Å². The first kappa shape index (κ1) is 15.3. The van der Waals surface area contributed by atoms with E-state index < -0.39 is 6.16 Å². The molecule has 0 amide bonds. The van der Waals surface area contributed by atoms with E-state index in [4.69, 9.17) is 5.11 Å². The summed E-state index contributed by atoms with van der Waals surface area (Å²) in [7, 11) is 0. The Bertz CT molecular complexity index is 157. The molecule has 0 rings (SSSR count). The van der Waals surface area contributed by atoms with Gasteiger partial charge in [-0.15, -0.1) is 0 Å². The van der Waals surface area contributed by atoms with Crippen LogP contribution >= 0.6 is 0 Å². The van der Waals surface area contributed by atoms with Gasteiger partial charge in [0.15, 0.2) is 0 Å². The van der Waals surface area contributed by atoms with E-state index in [-0.39, 0.29) is 25.7 Å². The Morgan fingerprint density at radius 3 is 2.31 bits per heavy atom. The summed E-state index contributed by atoms with van der Waals surface area (Å²) in [6.45, 7) is 8.68. The molecule has 0 saturated heterocycles. The van der Waals surface area contributed by atoms with Crippen molar-refractivity contribution >= 4 is 6.16 Å². The van der Waals surface area contributed by atoms with E-state index >= 15 is 0 Å². The summed E-state index contributed by atoms with van der Waals surface area (Å²) in [5, 5.41) is 8.24. The van der Waals surface area contributed by atoms with Crippen molar-refractivity contribution in [2.45, 2.75) is 34.1 Å². The largest absolute Gasteiger partial charge is 1.00 e. The third-order valence-electron chi connectivity index (χ3n) is 1.45. The van der Waals surface area contributed by atoms with Gasteiger partial charge >= 0.3 is 25.0 Å². The Kier molecular flexibility index (Phi) is 7.48. The fraction of sp³-hybridized carbons (Fsp3) is 0.889. The maximum Gasteiger partial charge on any atom is 1.00 e. The van der Waals surface area contributed by atoms with Gasteiger partial charge in [-0.25, -0.2) is 4.79 Å². The average molecular weight is 182 g/mol. The van der Waals surface area contributed by atoms with Crippen LogP contribution in [0.25, 0.3) is 0 Å². The molecule has 3 nitrogen and oxygen atoms in total. The van der Waals surface area contributed by atoms with E-state index in [2.05, 4.69) is 25.5 Å². The summed E-state index contributed by atoms with van der Waals surface area (Å²) >= 11 is 0. The predicted octanol–water partition coefficient (Wildman–Crippen LogP) is -0.130. The molecule has 0 aromatic carbocycles. The molecule has 0 radical (unpaired) electrons. The number of ether oxygens (including phenoxy) is 1. The number of carbonyl (C=O) groups is 1. The second-order valence-corrected chi connectivity index (χ2v) is 4.45. The van der Waals surface area contributed by atoms with Crippen LogP contribution in [-0.2, 0) is 4.74 Å². The first-order valence-electron chi connectivity index (χ1n) is 4.17. The molecule has 1 N–H and O–H groups in total. The van der Waals surface area contributed by atoms with Crippen LogP contribution in [0.4, 0.5) is 4.79 Å². The summed E-state index contributed by atoms with van der Waals surface area (Å²) in [4.78, 5) is 10.0. The van der Waals surface area contributed by atoms with Crippen LogP contribution in [0.1, 0.15) is 35.5 Å². The van der Waals surface area contributed by atoms with E-state index in [1.54, 1.807) is 0 Å². The van der Waals surface area contributed by atoms with Gasteiger partial charge in [0.25, 0.3) is 0 Å². The third-order valence-corrected chi connectivity index (χ3v) is 1.45. The molecule has 4 heteroatoms. The molecule has 0 aromatic heterocycles. The molecular weight excluding hydrogens is 163 g/mol. The maximum absolute atomic E-state index is 10.0. The standard InChI is InChI=1S/C9H18O3.Li.H/c1-7(5-9(2,3)4)6-12-8(10)11;;/h7H,5-6H2,1-4H3,(H,10,11);;/q;+1;-1. The van der Waals surface area contributed by atoms with Crippen molar-refractivity contribution in [1.29, 1.82) is 0 Å². The minimum atomic E-state index is -1.18. The molecule has 0 bridgehead atoms. The fourth-order valence-electron chi connectivity index (χ4n) is 1.32. The molecule has 0 aliphatic rings. The number of rotatable bonds is 3. The second-order valence-electron chi connectivity index (χ2n) is 4.45. The monoisotopic (exact) mass is 182 g/mol. The van der Waals surface area contributed by atoms with Crippen molar-refractivity contribution < 1.29 is 34.9 Å². The Labute approximate surface area is 93.5 Å². The van der Waals surface area contributed by atoms with Crippen molar-refractivity contribution in [3.05, 3.63) is 0 Å². The van der Waals surface area contributed by atoms with Crippen LogP contribution in [0.3, 0.4) is 0 Å². The molecule has 0 fully saturated rings. The number of carboxylic acid groups (broad SMARTS) is 1. The molecule has 0 aromatic rings. The molecule has 13 heavy (non-hydrogen) atoms. The Hall–Kier alpha value is -0.133. The van der Waals surface area contributed by atoms with Crippen LogP contribution in [-0.4, -0.2) is 17.9 Å². The summed E-state index contributed by atoms with van der Waals surface area (Å²) in [6, 6.07) is 0. The molecule has 0 aliphatic heterocycles. The Morgan fingerprint density at radius 2 is 2.00 bits per heavy atom. The molecule has 0 aliphatic carbocycles. The minimum absolute atomic E-state index is 0. The topological polar surface area (TPSA) is 46.5 Å². The molecule has 74 valence electrons. The van der Waals surface area contributed by atoms with Crippen LogP contribution in [0.15, 0.2) is 0 Å². The molecular formula is C9H19LiO3. The van der Waals surface area contributed by atoms with Crippen LogP contribution in [0.5, 0.6) is 0 Å². The van der Waals surface area contributed by atoms with Gasteiger partial charge in [0.1, 0.15) is 0 Å². The molecule has 0 heterocycles. The maximum atomic E-state index is 10.0. The first-order valence-corrected chi connectivity index (χ1v) is 4.17. The van der Waals surface area contributed by atoms with E-state index in [0.717, 1.165) is 6.42 Å². The zero-order chi connectivity index (χ0) is 9.78. The normalized spacial score (nSPS) is 12.9. The minimum Gasteiger partial charge on any atom is -1.00 e. The van der Waals surface area contributed by atoms with Crippen LogP contribution < -0.4 is 18.9 Å². The summed E-state index contributed by atoms with van der Waals surface area (Å²) < 4.78 is 4.47. The van der Waals surface area contributed by atoms with Crippen molar-refractivity contribution in [2.24, 2.45) is 11.3 Å². The van der Waals surface area contributed by atoms with Gasteiger partial charge in [-0.3, -0.25) is 0 Å². The molecule has 1 atom stereocenters. The first-order chi connectivity index (χ1) is 5.31. The Morgan fingerprint density at radius 1 is 1.54 bits per heavy atom. The van der Waals surface area contributed by atoms with Crippen molar-refractivity contribution in [1.82, 2.24) is 0 Å². The van der Waals surface area contributed by atoms with E-state index in [9.17, 15) is 4.79 Å². The van der Waals surface area contributed by atoms with Gasteiger partial charge in [0.05, 0.1) is 6.61 Å². The van der Waals surface area contributed by atoms with Crippen LogP contribution in [0.2, 0.25) is 0 Å². The summed E-state index contributed by atoms with van der Waals surface area (Å²) in [6.07, 6.45) is -0.212. The van der Waals surface area contributed by atoms with Crippen molar-refractivity contribution in [3.8, 4) is 0 Å². The quantitative estimate of drug-likeness (QED) is 0.488. The van der Waals surface area contributed by atoms with E-state index in [1.165, 1.54) is 0 Å². The SMILES string of the molecule is CC(COC(=O)O)CC(C)(C)C.[H-].[Li+]. The van der Waals surface area contributed by atoms with Gasteiger partial charge < -0.3 is 11.3 Å². The zero-order valence-electron chi connectivity index (χ0n) is 10.3. The smallest absolute Gasteiger partial charge is 1.00 e. The van der Waals surface area contributed by atoms with Gasteiger partial charge in [0.2, 0.25) is 0 Å². The number of hydrogen-bond acceptors (Lipinski definition) is 2. The van der Waals surface area contributed by atoms with E-state index in [1.807, 2.05) is 6.92 Å². The average Bonchev–Trinajstić information content (AvgIpc) is 1.79. The van der Waals surface area contributed by atoms with Gasteiger partial charge in [0, 0.05) is 0 Å². The number of hydrogen-bond donors (Lipinski definition) is 1. The third kappa shape index (κ3) is 11.9. The summed E-state index contributed by atoms with van der Waals surface area (Å²) in [5.41, 5.74) is 0.237. The van der Waals surface area contributed by atoms with Gasteiger partial charge in [-0.2, -0.15) is 0 Å². The van der Waals surface area contributed by atoms with Crippen molar-refractivity contribution in [3.63, 3.8) is 0 Å². The Balaban J connectivity index is -0.000000605. The summed E-state index contributed by atoms with van der Waals surface area (Å²) in [5.74, 6) is 0.293. The predicted molar refractivity (Wildman–Crippen MR) is 48.3 cm³/mol. The van der Waals surface area contributed by atoms with Crippen LogP contribution in [0, 0.1) is 11.3 Å². The molecule has 0 spiro atoms. The zero-order valence-corrected chi connectivity index (χ0v) is 9.26. The fourth-order valence-corrected chi connectivity index (χ4v) is 1.32. The molecule has 0 saturated carbocycles.